The summed E-state index contributed by atoms with van der Waals surface area (Å²) >= 11 is 1.74. The monoisotopic (exact) mass is 874 g/mol. The third kappa shape index (κ3) is 10.1. The van der Waals surface area contributed by atoms with Crippen molar-refractivity contribution in [2.24, 2.45) is 0 Å². The van der Waals surface area contributed by atoms with Gasteiger partial charge in [-0.1, -0.05) is 92.0 Å². The molecular formula is C50H54Cl2O2SiZr. The molecule has 0 fully saturated rings. The maximum atomic E-state index is 5.84. The van der Waals surface area contributed by atoms with Crippen molar-refractivity contribution in [1.29, 1.82) is 0 Å². The van der Waals surface area contributed by atoms with Crippen LogP contribution in [0.4, 0.5) is 0 Å². The molecule has 0 saturated heterocycles. The van der Waals surface area contributed by atoms with Crippen LogP contribution < -0.4 is 0 Å². The zero-order chi connectivity index (χ0) is 39.0. The Morgan fingerprint density at radius 1 is 0.464 bits per heavy atom. The smallest absolute Gasteiger partial charge is 0.0896 e. The summed E-state index contributed by atoms with van der Waals surface area (Å²) in [5, 5.41) is 5.16. The zero-order valence-corrected chi connectivity index (χ0v) is 40.0. The van der Waals surface area contributed by atoms with Crippen LogP contribution in [0.2, 0.25) is 13.1 Å². The van der Waals surface area contributed by atoms with Gasteiger partial charge in [0, 0.05) is 0 Å². The van der Waals surface area contributed by atoms with E-state index < -0.39 is 0 Å². The number of fused-ring (bicyclic) bond motifs is 2. The van der Waals surface area contributed by atoms with Crippen molar-refractivity contribution in [1.82, 2.24) is 0 Å². The standard InChI is InChI=1S/2C24H23O.C2H6Si.2ClH.Zr/c2*1-14-8-15(2)10-21(9-14)24-18(5)16(3)11-19-12-20(13-22(19)24)23-7-6-17(4)25-23;1-3-2;;;/h2*6-13H,1-5H3;1-2H3;2*1H;/q2*-1;;;;+2. The van der Waals surface area contributed by atoms with Crippen LogP contribution in [0.5, 0.6) is 0 Å². The van der Waals surface area contributed by atoms with E-state index in [9.17, 15) is 0 Å². The van der Waals surface area contributed by atoms with Crippen molar-refractivity contribution in [2.75, 3.05) is 0 Å². The summed E-state index contributed by atoms with van der Waals surface area (Å²) in [4.78, 5) is 0. The molecule has 2 heterocycles. The van der Waals surface area contributed by atoms with Gasteiger partial charge in [0.05, 0.1) is 23.0 Å². The van der Waals surface area contributed by atoms with Gasteiger partial charge in [-0.25, -0.2) is 0 Å². The van der Waals surface area contributed by atoms with Crippen LogP contribution in [0, 0.1) is 69.2 Å². The van der Waals surface area contributed by atoms with Crippen molar-refractivity contribution in [3.05, 3.63) is 153 Å². The van der Waals surface area contributed by atoms with Gasteiger partial charge in [-0.05, 0) is 116 Å². The van der Waals surface area contributed by atoms with Crippen molar-refractivity contribution in [2.45, 2.75) is 82.3 Å². The van der Waals surface area contributed by atoms with Crippen LogP contribution >= 0.6 is 24.8 Å². The number of halogens is 2. The van der Waals surface area contributed by atoms with Crippen molar-refractivity contribution >= 4 is 51.8 Å². The molecule has 2 nitrogen and oxygen atoms in total. The topological polar surface area (TPSA) is 26.3 Å². The number of hydrogen-bond donors (Lipinski definition) is 0. The van der Waals surface area contributed by atoms with E-state index in [4.69, 9.17) is 8.83 Å². The molecule has 0 N–H and O–H groups in total. The molecule has 0 atom stereocenters. The van der Waals surface area contributed by atoms with E-state index in [0.29, 0.717) is 0 Å². The predicted molar refractivity (Wildman–Crippen MR) is 245 cm³/mol. The molecular weight excluding hydrogens is 823 g/mol. The molecule has 0 saturated carbocycles. The first-order valence-electron chi connectivity index (χ1n) is 18.8. The van der Waals surface area contributed by atoms with E-state index in [1.54, 1.807) is 23.3 Å². The minimum absolute atomic E-state index is 0. The SMILES string of the molecule is C[Si](C)=[Zr+2].Cc1cc(C)cc(-c2c(C)c(C)cc3[cH-]c(-c4ccc(C)o4)cc23)c1.Cc1cc(C)cc(-c2c(C)c(C)cc3[cH-]c(-c4ccc(C)o4)cc23)c1.Cl.Cl. The zero-order valence-electron chi connectivity index (χ0n) is 34.9. The summed E-state index contributed by atoms with van der Waals surface area (Å²) in [7, 11) is 0. The second-order valence-electron chi connectivity index (χ2n) is 15.5. The fourth-order valence-electron chi connectivity index (χ4n) is 7.65. The maximum absolute atomic E-state index is 5.84. The number of furan rings is 2. The van der Waals surface area contributed by atoms with E-state index in [-0.39, 0.29) is 30.2 Å². The van der Waals surface area contributed by atoms with Crippen molar-refractivity contribution < 1.29 is 32.2 Å². The first kappa shape index (κ1) is 45.0. The van der Waals surface area contributed by atoms with Gasteiger partial charge in [-0.15, -0.1) is 82.8 Å². The van der Waals surface area contributed by atoms with E-state index >= 15 is 0 Å². The summed E-state index contributed by atoms with van der Waals surface area (Å²) in [6.45, 7) is 26.1. The summed E-state index contributed by atoms with van der Waals surface area (Å²) in [5.41, 5.74) is 18.4. The fourth-order valence-corrected chi connectivity index (χ4v) is 7.65. The molecule has 0 unspecified atom stereocenters. The molecule has 6 heteroatoms. The van der Waals surface area contributed by atoms with E-state index in [0.717, 1.165) is 34.2 Å². The van der Waals surface area contributed by atoms with Crippen molar-refractivity contribution in [3.8, 4) is 44.9 Å². The number of aryl methyl sites for hydroxylation is 8. The first-order valence-corrected chi connectivity index (χ1v) is 25.0. The Morgan fingerprint density at radius 3 is 1.07 bits per heavy atom. The molecule has 0 spiro atoms. The second kappa shape index (κ2) is 18.7. The summed E-state index contributed by atoms with van der Waals surface area (Å²) in [6, 6.07) is 35.4. The molecule has 8 rings (SSSR count). The van der Waals surface area contributed by atoms with Gasteiger partial charge in [-0.2, -0.15) is 0 Å². The van der Waals surface area contributed by atoms with E-state index in [2.05, 4.69) is 153 Å². The van der Waals surface area contributed by atoms with Crippen LogP contribution in [-0.2, 0) is 23.3 Å². The number of rotatable bonds is 4. The second-order valence-corrected chi connectivity index (χ2v) is 24.8. The molecule has 0 radical (unpaired) electrons. The normalized spacial score (nSPS) is 10.7. The van der Waals surface area contributed by atoms with Crippen LogP contribution in [-0.4, -0.2) is 5.43 Å². The van der Waals surface area contributed by atoms with E-state index in [1.807, 2.05) is 26.0 Å². The minimum Gasteiger partial charge on any atom is -0.496 e. The Kier molecular flexibility index (Phi) is 15.1. The molecule has 0 bridgehead atoms. The van der Waals surface area contributed by atoms with E-state index in [1.165, 1.54) is 88.3 Å². The molecule has 0 aliphatic heterocycles. The van der Waals surface area contributed by atoms with Gasteiger partial charge in [0.25, 0.3) is 0 Å². The van der Waals surface area contributed by atoms with Gasteiger partial charge in [-0.3, -0.25) is 0 Å². The summed E-state index contributed by atoms with van der Waals surface area (Å²) in [5.74, 6) is 3.77. The van der Waals surface area contributed by atoms with Gasteiger partial charge < -0.3 is 8.83 Å². The number of hydrogen-bond acceptors (Lipinski definition) is 2. The Labute approximate surface area is 361 Å². The molecule has 288 valence electrons. The molecule has 0 aliphatic carbocycles. The molecule has 6 aromatic carbocycles. The van der Waals surface area contributed by atoms with Crippen LogP contribution in [0.3, 0.4) is 0 Å². The largest absolute Gasteiger partial charge is 0.496 e. The Hall–Kier alpha value is -3.66. The number of benzene rings is 4. The van der Waals surface area contributed by atoms with Gasteiger partial charge in [0.15, 0.2) is 0 Å². The third-order valence-electron chi connectivity index (χ3n) is 10.1. The average molecular weight is 877 g/mol. The Balaban J connectivity index is 0.000000220. The predicted octanol–water partition coefficient (Wildman–Crippen LogP) is 15.7. The minimum atomic E-state index is 0. The fraction of sp³-hybridized carbons (Fsp3) is 0.240. The van der Waals surface area contributed by atoms with Crippen LogP contribution in [0.15, 0.2) is 106 Å². The van der Waals surface area contributed by atoms with Crippen LogP contribution in [0.25, 0.3) is 66.4 Å². The summed E-state index contributed by atoms with van der Waals surface area (Å²) < 4.78 is 11.7. The van der Waals surface area contributed by atoms with Crippen molar-refractivity contribution in [3.63, 3.8) is 0 Å². The Bertz CT molecular complexity index is 2440. The third-order valence-corrected chi connectivity index (χ3v) is 10.1. The van der Waals surface area contributed by atoms with Gasteiger partial charge in [0.2, 0.25) is 0 Å². The molecule has 2 aromatic heterocycles. The molecule has 0 aliphatic rings. The molecule has 0 amide bonds. The summed E-state index contributed by atoms with van der Waals surface area (Å²) in [6.07, 6.45) is 0. The average Bonchev–Trinajstić information content (AvgIpc) is 3.88. The Morgan fingerprint density at radius 2 is 0.786 bits per heavy atom. The molecule has 56 heavy (non-hydrogen) atoms. The van der Waals surface area contributed by atoms with Gasteiger partial charge in [0.1, 0.15) is 0 Å². The van der Waals surface area contributed by atoms with Crippen LogP contribution in [0.1, 0.15) is 56.0 Å². The van der Waals surface area contributed by atoms with Gasteiger partial charge >= 0.3 is 41.9 Å². The molecule has 8 aromatic rings. The maximum Gasteiger partial charge on any atom is 0.0896 e. The first-order chi connectivity index (χ1) is 25.6. The quantitative estimate of drug-likeness (QED) is 0.130.